The molecule has 1 rings (SSSR count). The maximum Gasteiger partial charge on any atom is 0.0928 e. The molecule has 3 nitrogen and oxygen atoms in total. The fourth-order valence-electron chi connectivity index (χ4n) is 1.64. The summed E-state index contributed by atoms with van der Waals surface area (Å²) in [5.41, 5.74) is 0.772. The van der Waals surface area contributed by atoms with Gasteiger partial charge in [0, 0.05) is 30.3 Å². The van der Waals surface area contributed by atoms with Gasteiger partial charge in [-0.1, -0.05) is 36.7 Å². The Balaban J connectivity index is 2.14. The molecule has 1 atom stereocenters. The highest BCUT2D eigenvalue weighted by molar-refractivity contribution is 6.31. The fourth-order valence-corrected chi connectivity index (χ4v) is 1.90. The molecule has 0 aromatic heterocycles. The maximum absolute atomic E-state index is 9.96. The van der Waals surface area contributed by atoms with Crippen molar-refractivity contribution in [2.75, 3.05) is 26.3 Å². The number of ether oxygens (including phenoxy) is 1. The number of rotatable bonds is 9. The van der Waals surface area contributed by atoms with E-state index in [2.05, 4.69) is 12.2 Å². The Bertz CT molecular complexity index is 333. The third-order valence-corrected chi connectivity index (χ3v) is 2.94. The molecule has 1 unspecified atom stereocenters. The van der Waals surface area contributed by atoms with Crippen LogP contribution in [0.1, 0.15) is 31.4 Å². The van der Waals surface area contributed by atoms with Crippen molar-refractivity contribution < 1.29 is 9.84 Å². The second-order valence-electron chi connectivity index (χ2n) is 4.21. The van der Waals surface area contributed by atoms with Gasteiger partial charge in [0.15, 0.2) is 0 Å². The van der Waals surface area contributed by atoms with Crippen LogP contribution in [0.2, 0.25) is 5.02 Å². The number of nitrogens with one attached hydrogen (secondary N) is 1. The Kier molecular flexibility index (Phi) is 8.01. The summed E-state index contributed by atoms with van der Waals surface area (Å²) >= 11 is 6.01. The predicted molar refractivity (Wildman–Crippen MR) is 75.0 cm³/mol. The van der Waals surface area contributed by atoms with E-state index in [-0.39, 0.29) is 0 Å². The van der Waals surface area contributed by atoms with E-state index in [1.165, 1.54) is 0 Å². The molecule has 0 saturated carbocycles. The van der Waals surface area contributed by atoms with Gasteiger partial charge in [-0.3, -0.25) is 0 Å². The topological polar surface area (TPSA) is 41.5 Å². The van der Waals surface area contributed by atoms with E-state index in [0.29, 0.717) is 11.6 Å². The van der Waals surface area contributed by atoms with E-state index in [1.807, 2.05) is 18.2 Å². The molecule has 18 heavy (non-hydrogen) atoms. The molecule has 0 radical (unpaired) electrons. The zero-order valence-electron chi connectivity index (χ0n) is 10.9. The molecule has 0 aliphatic rings. The number of aliphatic hydroxyl groups is 1. The number of hydrogen-bond acceptors (Lipinski definition) is 3. The number of benzene rings is 1. The smallest absolute Gasteiger partial charge is 0.0928 e. The standard InChI is InChI=1S/C14H22ClNO2/c1-2-9-18-10-5-8-16-11-14(17)12-6-3-4-7-13(12)15/h3-4,6-7,14,16-17H,2,5,8-11H2,1H3. The molecule has 0 saturated heterocycles. The van der Waals surface area contributed by atoms with Gasteiger partial charge in [-0.25, -0.2) is 0 Å². The lowest BCUT2D eigenvalue weighted by atomic mass is 10.1. The van der Waals surface area contributed by atoms with Crippen LogP contribution in [0.3, 0.4) is 0 Å². The summed E-state index contributed by atoms with van der Waals surface area (Å²) < 4.78 is 5.37. The molecule has 0 spiro atoms. The summed E-state index contributed by atoms with van der Waals surface area (Å²) in [5, 5.41) is 13.8. The molecule has 0 amide bonds. The monoisotopic (exact) mass is 271 g/mol. The van der Waals surface area contributed by atoms with E-state index in [0.717, 1.165) is 38.2 Å². The highest BCUT2D eigenvalue weighted by Crippen LogP contribution is 2.21. The molecule has 0 aliphatic carbocycles. The molecular weight excluding hydrogens is 250 g/mol. The van der Waals surface area contributed by atoms with E-state index < -0.39 is 6.10 Å². The Morgan fingerprint density at radius 1 is 1.33 bits per heavy atom. The summed E-state index contributed by atoms with van der Waals surface area (Å²) in [5.74, 6) is 0. The van der Waals surface area contributed by atoms with Crippen molar-refractivity contribution >= 4 is 11.6 Å². The summed E-state index contributed by atoms with van der Waals surface area (Å²) in [4.78, 5) is 0. The van der Waals surface area contributed by atoms with Crippen molar-refractivity contribution in [3.8, 4) is 0 Å². The van der Waals surface area contributed by atoms with Crippen LogP contribution < -0.4 is 5.32 Å². The summed E-state index contributed by atoms with van der Waals surface area (Å²) in [6, 6.07) is 7.37. The highest BCUT2D eigenvalue weighted by Gasteiger charge is 2.09. The number of hydrogen-bond donors (Lipinski definition) is 2. The quantitative estimate of drug-likeness (QED) is 0.679. The Morgan fingerprint density at radius 3 is 2.83 bits per heavy atom. The Hall–Kier alpha value is -0.610. The fraction of sp³-hybridized carbons (Fsp3) is 0.571. The second-order valence-corrected chi connectivity index (χ2v) is 4.61. The zero-order valence-corrected chi connectivity index (χ0v) is 11.6. The molecule has 0 heterocycles. The number of aliphatic hydroxyl groups excluding tert-OH is 1. The van der Waals surface area contributed by atoms with Crippen LogP contribution in [0, 0.1) is 0 Å². The van der Waals surface area contributed by atoms with Gasteiger partial charge in [0.25, 0.3) is 0 Å². The second kappa shape index (κ2) is 9.34. The molecule has 102 valence electrons. The van der Waals surface area contributed by atoms with Crippen molar-refractivity contribution in [3.63, 3.8) is 0 Å². The first-order chi connectivity index (χ1) is 8.75. The Labute approximate surface area is 114 Å². The van der Waals surface area contributed by atoms with Crippen molar-refractivity contribution in [2.45, 2.75) is 25.9 Å². The first-order valence-electron chi connectivity index (χ1n) is 6.46. The largest absolute Gasteiger partial charge is 0.387 e. The van der Waals surface area contributed by atoms with Gasteiger partial charge in [0.1, 0.15) is 0 Å². The lowest BCUT2D eigenvalue weighted by Gasteiger charge is -2.13. The molecule has 1 aromatic rings. The van der Waals surface area contributed by atoms with Gasteiger partial charge >= 0.3 is 0 Å². The van der Waals surface area contributed by atoms with Crippen LogP contribution >= 0.6 is 11.6 Å². The zero-order chi connectivity index (χ0) is 13.2. The van der Waals surface area contributed by atoms with Crippen LogP contribution in [0.15, 0.2) is 24.3 Å². The number of halogens is 1. The lowest BCUT2D eigenvalue weighted by Crippen LogP contribution is -2.23. The first kappa shape index (κ1) is 15.4. The predicted octanol–water partition coefficient (Wildman–Crippen LogP) is 2.78. The average Bonchev–Trinajstić information content (AvgIpc) is 2.38. The SMILES string of the molecule is CCCOCCCNCC(O)c1ccccc1Cl. The first-order valence-corrected chi connectivity index (χ1v) is 6.84. The molecule has 2 N–H and O–H groups in total. The minimum Gasteiger partial charge on any atom is -0.387 e. The van der Waals surface area contributed by atoms with E-state index >= 15 is 0 Å². The Morgan fingerprint density at radius 2 is 2.11 bits per heavy atom. The third-order valence-electron chi connectivity index (χ3n) is 2.59. The maximum atomic E-state index is 9.96. The minimum absolute atomic E-state index is 0.511. The van der Waals surface area contributed by atoms with Gasteiger partial charge in [-0.15, -0.1) is 0 Å². The molecule has 0 fully saturated rings. The normalized spacial score (nSPS) is 12.6. The van der Waals surface area contributed by atoms with Crippen molar-refractivity contribution in [1.29, 1.82) is 0 Å². The average molecular weight is 272 g/mol. The van der Waals surface area contributed by atoms with Crippen LogP contribution in [-0.4, -0.2) is 31.4 Å². The van der Waals surface area contributed by atoms with Gasteiger partial charge in [0.2, 0.25) is 0 Å². The molecule has 0 bridgehead atoms. The van der Waals surface area contributed by atoms with Gasteiger partial charge < -0.3 is 15.2 Å². The molecule has 0 aliphatic heterocycles. The van der Waals surface area contributed by atoms with Crippen molar-refractivity contribution in [1.82, 2.24) is 5.32 Å². The van der Waals surface area contributed by atoms with Crippen LogP contribution in [0.4, 0.5) is 0 Å². The van der Waals surface area contributed by atoms with Crippen molar-refractivity contribution in [2.24, 2.45) is 0 Å². The van der Waals surface area contributed by atoms with Gasteiger partial charge in [0.05, 0.1) is 6.10 Å². The highest BCUT2D eigenvalue weighted by atomic mass is 35.5. The summed E-state index contributed by atoms with van der Waals surface area (Å²) in [6.45, 7) is 5.03. The van der Waals surface area contributed by atoms with Crippen LogP contribution in [0.5, 0.6) is 0 Å². The summed E-state index contributed by atoms with van der Waals surface area (Å²) in [6.07, 6.45) is 1.45. The van der Waals surface area contributed by atoms with E-state index in [9.17, 15) is 5.11 Å². The van der Waals surface area contributed by atoms with Crippen LogP contribution in [0.25, 0.3) is 0 Å². The molecular formula is C14H22ClNO2. The van der Waals surface area contributed by atoms with Crippen molar-refractivity contribution in [3.05, 3.63) is 34.9 Å². The van der Waals surface area contributed by atoms with Gasteiger partial charge in [-0.2, -0.15) is 0 Å². The molecule has 4 heteroatoms. The van der Waals surface area contributed by atoms with E-state index in [4.69, 9.17) is 16.3 Å². The molecule has 1 aromatic carbocycles. The van der Waals surface area contributed by atoms with Gasteiger partial charge in [-0.05, 0) is 25.5 Å². The van der Waals surface area contributed by atoms with Crippen LogP contribution in [-0.2, 0) is 4.74 Å². The van der Waals surface area contributed by atoms with E-state index in [1.54, 1.807) is 6.07 Å². The summed E-state index contributed by atoms with van der Waals surface area (Å²) in [7, 11) is 0. The third kappa shape index (κ3) is 5.83. The minimum atomic E-state index is -0.560. The lowest BCUT2D eigenvalue weighted by molar-refractivity contribution is 0.129.